The number of hydrogen-bond acceptors (Lipinski definition) is 1. The van der Waals surface area contributed by atoms with Crippen LogP contribution < -0.4 is 5.56 Å². The monoisotopic (exact) mass is 261 g/mol. The van der Waals surface area contributed by atoms with Crippen LogP contribution in [-0.2, 0) is 0 Å². The summed E-state index contributed by atoms with van der Waals surface area (Å²) in [6.45, 7) is 5.82. The third kappa shape index (κ3) is 1.95. The number of H-pyrrole nitrogens is 1. The van der Waals surface area contributed by atoms with E-state index in [0.717, 1.165) is 22.1 Å². The van der Waals surface area contributed by atoms with Crippen molar-refractivity contribution >= 4 is 16.8 Å². The average molecular weight is 261 g/mol. The minimum atomic E-state index is -0.0685. The van der Waals surface area contributed by atoms with Crippen molar-refractivity contribution in [2.24, 2.45) is 0 Å². The first-order chi connectivity index (χ1) is 9.70. The summed E-state index contributed by atoms with van der Waals surface area (Å²) in [5.41, 5.74) is 4.26. The highest BCUT2D eigenvalue weighted by molar-refractivity contribution is 5.97. The first-order valence-electron chi connectivity index (χ1n) is 6.54. The molecule has 1 N–H and O–H groups in total. The first kappa shape index (κ1) is 12.4. The van der Waals surface area contributed by atoms with Gasteiger partial charge < -0.3 is 4.98 Å². The summed E-state index contributed by atoms with van der Waals surface area (Å²) in [7, 11) is 0. The van der Waals surface area contributed by atoms with E-state index in [0.29, 0.717) is 5.39 Å². The Morgan fingerprint density at radius 3 is 2.60 bits per heavy atom. The number of aromatic amines is 1. The second-order valence-electron chi connectivity index (χ2n) is 4.86. The zero-order chi connectivity index (χ0) is 14.1. The van der Waals surface area contributed by atoms with Gasteiger partial charge >= 0.3 is 0 Å². The van der Waals surface area contributed by atoms with Gasteiger partial charge in [-0.1, -0.05) is 49.1 Å². The molecule has 0 spiro atoms. The van der Waals surface area contributed by atoms with E-state index in [2.05, 4.69) is 30.6 Å². The molecule has 0 atom stereocenters. The quantitative estimate of drug-likeness (QED) is 0.738. The summed E-state index contributed by atoms with van der Waals surface area (Å²) < 4.78 is 0. The maximum Gasteiger partial charge on any atom is 0.255 e. The van der Waals surface area contributed by atoms with Gasteiger partial charge in [-0.05, 0) is 35.1 Å². The Morgan fingerprint density at radius 1 is 1.05 bits per heavy atom. The Morgan fingerprint density at radius 2 is 1.85 bits per heavy atom. The molecular formula is C18H15NO. The Labute approximate surface area is 117 Å². The van der Waals surface area contributed by atoms with Crippen LogP contribution in [0.4, 0.5) is 0 Å². The third-order valence-electron chi connectivity index (χ3n) is 3.60. The van der Waals surface area contributed by atoms with E-state index in [1.54, 1.807) is 12.3 Å². The van der Waals surface area contributed by atoms with Crippen LogP contribution in [0.2, 0.25) is 0 Å². The van der Waals surface area contributed by atoms with Crippen LogP contribution in [0.5, 0.6) is 0 Å². The van der Waals surface area contributed by atoms with E-state index in [1.807, 2.05) is 30.3 Å². The molecule has 3 aromatic rings. The smallest absolute Gasteiger partial charge is 0.255 e. The Kier molecular flexibility index (Phi) is 2.99. The van der Waals surface area contributed by atoms with Crippen molar-refractivity contribution in [2.75, 3.05) is 0 Å². The van der Waals surface area contributed by atoms with Crippen molar-refractivity contribution in [3.05, 3.63) is 76.7 Å². The highest BCUT2D eigenvalue weighted by Gasteiger charge is 2.08. The minimum absolute atomic E-state index is 0.0685. The number of pyridine rings is 1. The van der Waals surface area contributed by atoms with Gasteiger partial charge in [0.15, 0.2) is 0 Å². The summed E-state index contributed by atoms with van der Waals surface area (Å²) in [5, 5.41) is 1.66. The van der Waals surface area contributed by atoms with Gasteiger partial charge in [0.05, 0.1) is 0 Å². The molecule has 1 heterocycles. The SMILES string of the molecule is C=Cc1ccc2c(-c3ccccc3C)c[nH]c(=O)c2c1. The van der Waals surface area contributed by atoms with Gasteiger partial charge in [0.1, 0.15) is 0 Å². The molecule has 2 nitrogen and oxygen atoms in total. The van der Waals surface area contributed by atoms with Gasteiger partial charge in [-0.25, -0.2) is 0 Å². The van der Waals surface area contributed by atoms with Crippen LogP contribution in [-0.4, -0.2) is 4.98 Å². The molecule has 2 heteroatoms. The number of aryl methyl sites for hydroxylation is 1. The molecule has 0 saturated carbocycles. The fourth-order valence-electron chi connectivity index (χ4n) is 2.50. The van der Waals surface area contributed by atoms with Gasteiger partial charge in [-0.15, -0.1) is 0 Å². The molecule has 0 bridgehead atoms. The molecule has 98 valence electrons. The van der Waals surface area contributed by atoms with Crippen LogP contribution in [0.25, 0.3) is 28.0 Å². The van der Waals surface area contributed by atoms with E-state index in [-0.39, 0.29) is 5.56 Å². The molecule has 0 aliphatic rings. The summed E-state index contributed by atoms with van der Waals surface area (Å²) >= 11 is 0. The van der Waals surface area contributed by atoms with Gasteiger partial charge in [0.25, 0.3) is 5.56 Å². The van der Waals surface area contributed by atoms with E-state index in [9.17, 15) is 4.79 Å². The van der Waals surface area contributed by atoms with E-state index >= 15 is 0 Å². The molecular weight excluding hydrogens is 246 g/mol. The molecule has 0 saturated heterocycles. The van der Waals surface area contributed by atoms with Crippen molar-refractivity contribution in [3.8, 4) is 11.1 Å². The second kappa shape index (κ2) is 4.82. The molecule has 0 radical (unpaired) electrons. The first-order valence-corrected chi connectivity index (χ1v) is 6.54. The standard InChI is InChI=1S/C18H15NO/c1-3-13-8-9-15-16(10-13)18(20)19-11-17(15)14-7-5-4-6-12(14)2/h3-11H,1H2,2H3,(H,19,20). The molecule has 0 amide bonds. The molecule has 2 aromatic carbocycles. The summed E-state index contributed by atoms with van der Waals surface area (Å²) in [4.78, 5) is 14.9. The summed E-state index contributed by atoms with van der Waals surface area (Å²) in [5.74, 6) is 0. The van der Waals surface area contributed by atoms with Crippen molar-refractivity contribution in [1.29, 1.82) is 0 Å². The predicted molar refractivity (Wildman–Crippen MR) is 84.8 cm³/mol. The molecule has 0 aliphatic heterocycles. The minimum Gasteiger partial charge on any atom is -0.328 e. The maximum atomic E-state index is 12.0. The van der Waals surface area contributed by atoms with E-state index in [1.165, 1.54) is 5.56 Å². The second-order valence-corrected chi connectivity index (χ2v) is 4.86. The highest BCUT2D eigenvalue weighted by atomic mass is 16.1. The number of hydrogen-bond donors (Lipinski definition) is 1. The van der Waals surface area contributed by atoms with E-state index in [4.69, 9.17) is 0 Å². The molecule has 1 aromatic heterocycles. The lowest BCUT2D eigenvalue weighted by molar-refractivity contribution is 1.27. The molecule has 3 rings (SSSR count). The van der Waals surface area contributed by atoms with Crippen molar-refractivity contribution in [1.82, 2.24) is 4.98 Å². The average Bonchev–Trinajstić information content (AvgIpc) is 2.48. The Bertz CT molecular complexity index is 859. The van der Waals surface area contributed by atoms with Gasteiger partial charge in [-0.3, -0.25) is 4.79 Å². The van der Waals surface area contributed by atoms with Crippen molar-refractivity contribution in [2.45, 2.75) is 6.92 Å². The fourth-order valence-corrected chi connectivity index (χ4v) is 2.50. The lowest BCUT2D eigenvalue weighted by atomic mass is 9.96. The Hall–Kier alpha value is -2.61. The highest BCUT2D eigenvalue weighted by Crippen LogP contribution is 2.29. The number of rotatable bonds is 2. The number of benzene rings is 2. The van der Waals surface area contributed by atoms with Crippen LogP contribution >= 0.6 is 0 Å². The zero-order valence-electron chi connectivity index (χ0n) is 11.3. The van der Waals surface area contributed by atoms with Crippen LogP contribution in [0, 0.1) is 6.92 Å². The topological polar surface area (TPSA) is 32.9 Å². The van der Waals surface area contributed by atoms with Crippen LogP contribution in [0.3, 0.4) is 0 Å². The predicted octanol–water partition coefficient (Wildman–Crippen LogP) is 4.15. The molecule has 0 unspecified atom stereocenters. The number of nitrogens with one attached hydrogen (secondary N) is 1. The molecule has 0 aliphatic carbocycles. The number of fused-ring (bicyclic) bond motifs is 1. The summed E-state index contributed by atoms with van der Waals surface area (Å²) in [6.07, 6.45) is 3.54. The fraction of sp³-hybridized carbons (Fsp3) is 0.0556. The lowest BCUT2D eigenvalue weighted by Crippen LogP contribution is -2.06. The zero-order valence-corrected chi connectivity index (χ0v) is 11.3. The van der Waals surface area contributed by atoms with Crippen molar-refractivity contribution in [3.63, 3.8) is 0 Å². The molecule has 20 heavy (non-hydrogen) atoms. The lowest BCUT2D eigenvalue weighted by Gasteiger charge is -2.09. The summed E-state index contributed by atoms with van der Waals surface area (Å²) in [6, 6.07) is 14.0. The Balaban J connectivity index is 2.39. The largest absolute Gasteiger partial charge is 0.328 e. The van der Waals surface area contributed by atoms with Gasteiger partial charge in [0, 0.05) is 17.1 Å². The van der Waals surface area contributed by atoms with E-state index < -0.39 is 0 Å². The normalized spacial score (nSPS) is 10.7. The maximum absolute atomic E-state index is 12.0. The van der Waals surface area contributed by atoms with Crippen LogP contribution in [0.1, 0.15) is 11.1 Å². The van der Waals surface area contributed by atoms with Gasteiger partial charge in [-0.2, -0.15) is 0 Å². The number of aromatic nitrogens is 1. The third-order valence-corrected chi connectivity index (χ3v) is 3.60. The van der Waals surface area contributed by atoms with Crippen molar-refractivity contribution < 1.29 is 0 Å². The van der Waals surface area contributed by atoms with Gasteiger partial charge in [0.2, 0.25) is 0 Å². The van der Waals surface area contributed by atoms with Crippen LogP contribution in [0.15, 0.2) is 60.0 Å². The molecule has 0 fully saturated rings.